The van der Waals surface area contributed by atoms with E-state index in [0.717, 1.165) is 5.69 Å². The molecule has 1 aromatic carbocycles. The van der Waals surface area contributed by atoms with E-state index in [9.17, 15) is 0 Å². The van der Waals surface area contributed by atoms with Crippen LogP contribution in [0.3, 0.4) is 0 Å². The summed E-state index contributed by atoms with van der Waals surface area (Å²) < 4.78 is 0. The Kier molecular flexibility index (Phi) is 2.74. The lowest BCUT2D eigenvalue weighted by Crippen LogP contribution is -2.23. The van der Waals surface area contributed by atoms with Crippen LogP contribution in [0.25, 0.3) is 0 Å². The lowest BCUT2D eigenvalue weighted by atomic mass is 10.3. The maximum atomic E-state index is 5.44. The Morgan fingerprint density at radius 1 is 1.36 bits per heavy atom. The molecule has 0 spiro atoms. The third-order valence-corrected chi connectivity index (χ3v) is 1.25. The first-order valence-corrected chi connectivity index (χ1v) is 3.43. The number of hydrazone groups is 1. The van der Waals surface area contributed by atoms with Crippen molar-refractivity contribution in [3.63, 3.8) is 0 Å². The van der Waals surface area contributed by atoms with Crippen LogP contribution < -0.4 is 11.0 Å². The number of rotatable bonds is 2. The van der Waals surface area contributed by atoms with Crippen molar-refractivity contribution >= 4 is 23.1 Å². The van der Waals surface area contributed by atoms with Crippen molar-refractivity contribution in [2.75, 3.05) is 5.12 Å². The van der Waals surface area contributed by atoms with Gasteiger partial charge in [-0.2, -0.15) is 5.12 Å². The molecule has 0 aliphatic carbocycles. The average molecular weight is 165 g/mol. The third-order valence-electron chi connectivity index (χ3n) is 1.17. The van der Waals surface area contributed by atoms with E-state index in [4.69, 9.17) is 5.84 Å². The summed E-state index contributed by atoms with van der Waals surface area (Å²) in [5.74, 6) is 5.44. The van der Waals surface area contributed by atoms with E-state index in [1.807, 2.05) is 30.3 Å². The minimum atomic E-state index is 0.782. The Morgan fingerprint density at radius 3 is 2.55 bits per heavy atom. The van der Waals surface area contributed by atoms with Gasteiger partial charge in [-0.3, -0.25) is 0 Å². The van der Waals surface area contributed by atoms with Crippen molar-refractivity contribution in [3.8, 4) is 0 Å². The predicted molar refractivity (Wildman–Crippen MR) is 48.1 cm³/mol. The number of hydrogen-bond donors (Lipinski definition) is 1. The van der Waals surface area contributed by atoms with Gasteiger partial charge < -0.3 is 0 Å². The van der Waals surface area contributed by atoms with E-state index in [-0.39, 0.29) is 0 Å². The van der Waals surface area contributed by atoms with Crippen molar-refractivity contribution < 1.29 is 0 Å². The number of thiocarbonyl (C=S) groups is 1. The number of para-hydroxylation sites is 1. The SMILES string of the molecule is NN(N=C=S)c1ccccc1. The molecule has 0 aliphatic rings. The Bertz CT molecular complexity index is 266. The summed E-state index contributed by atoms with van der Waals surface area (Å²) in [6.07, 6.45) is 0. The van der Waals surface area contributed by atoms with Crippen LogP contribution in [0.4, 0.5) is 5.69 Å². The molecule has 0 atom stereocenters. The van der Waals surface area contributed by atoms with E-state index < -0.39 is 0 Å². The summed E-state index contributed by atoms with van der Waals surface area (Å²) in [6.45, 7) is 0. The van der Waals surface area contributed by atoms with Crippen molar-refractivity contribution in [1.82, 2.24) is 0 Å². The fourth-order valence-electron chi connectivity index (χ4n) is 0.682. The molecule has 0 aliphatic heterocycles. The summed E-state index contributed by atoms with van der Waals surface area (Å²) in [7, 11) is 0. The van der Waals surface area contributed by atoms with Crippen molar-refractivity contribution in [2.24, 2.45) is 10.9 Å². The van der Waals surface area contributed by atoms with Gasteiger partial charge in [0.1, 0.15) is 0 Å². The molecule has 0 heterocycles. The zero-order valence-corrected chi connectivity index (χ0v) is 6.58. The summed E-state index contributed by atoms with van der Waals surface area (Å²) in [6, 6.07) is 9.30. The smallest absolute Gasteiger partial charge is 0.0866 e. The highest BCUT2D eigenvalue weighted by atomic mass is 32.1. The maximum Gasteiger partial charge on any atom is 0.0866 e. The average Bonchev–Trinajstić information content (AvgIpc) is 2.07. The van der Waals surface area contributed by atoms with Gasteiger partial charge in [0.25, 0.3) is 0 Å². The summed E-state index contributed by atoms with van der Waals surface area (Å²) in [5, 5.41) is 6.92. The minimum Gasteiger partial charge on any atom is -0.226 e. The van der Waals surface area contributed by atoms with Crippen LogP contribution >= 0.6 is 12.2 Å². The van der Waals surface area contributed by atoms with Gasteiger partial charge in [0.2, 0.25) is 0 Å². The van der Waals surface area contributed by atoms with Gasteiger partial charge in [0, 0.05) is 0 Å². The molecule has 0 amide bonds. The molecule has 56 valence electrons. The van der Waals surface area contributed by atoms with Gasteiger partial charge in [-0.25, -0.2) is 5.84 Å². The molecule has 0 aromatic heterocycles. The van der Waals surface area contributed by atoms with E-state index in [2.05, 4.69) is 22.5 Å². The molecule has 3 nitrogen and oxygen atoms in total. The molecule has 4 heteroatoms. The predicted octanol–water partition coefficient (Wildman–Crippen LogP) is 1.38. The quantitative estimate of drug-likeness (QED) is 0.311. The number of hydrazine groups is 1. The van der Waals surface area contributed by atoms with Crippen LogP contribution in [0.15, 0.2) is 35.4 Å². The number of benzene rings is 1. The fraction of sp³-hybridized carbons (Fsp3) is 0. The molecular formula is C7H7N3S. The molecule has 0 saturated carbocycles. The van der Waals surface area contributed by atoms with Crippen LogP contribution in [0.1, 0.15) is 0 Å². The number of isothiocyanates is 1. The normalized spacial score (nSPS) is 8.45. The topological polar surface area (TPSA) is 41.6 Å². The molecule has 0 unspecified atom stereocenters. The number of nitrogens with zero attached hydrogens (tertiary/aromatic N) is 2. The van der Waals surface area contributed by atoms with E-state index in [0.29, 0.717) is 0 Å². The molecule has 11 heavy (non-hydrogen) atoms. The highest BCUT2D eigenvalue weighted by Gasteiger charge is 1.93. The Balaban J connectivity index is 2.84. The molecule has 2 N–H and O–H groups in total. The van der Waals surface area contributed by atoms with Crippen molar-refractivity contribution in [2.45, 2.75) is 0 Å². The van der Waals surface area contributed by atoms with Crippen molar-refractivity contribution in [3.05, 3.63) is 30.3 Å². The number of nitrogens with two attached hydrogens (primary N) is 1. The van der Waals surface area contributed by atoms with Gasteiger partial charge in [0.15, 0.2) is 0 Å². The van der Waals surface area contributed by atoms with Crippen LogP contribution in [0.5, 0.6) is 0 Å². The summed E-state index contributed by atoms with van der Waals surface area (Å²) in [4.78, 5) is 0. The van der Waals surface area contributed by atoms with Crippen LogP contribution in [-0.2, 0) is 0 Å². The summed E-state index contributed by atoms with van der Waals surface area (Å²) in [5.41, 5.74) is 0.782. The van der Waals surface area contributed by atoms with Gasteiger partial charge in [0.05, 0.1) is 10.8 Å². The first-order chi connectivity index (χ1) is 5.34. The largest absolute Gasteiger partial charge is 0.226 e. The van der Waals surface area contributed by atoms with Crippen LogP contribution in [-0.4, -0.2) is 5.16 Å². The van der Waals surface area contributed by atoms with Gasteiger partial charge in [-0.15, -0.1) is 0 Å². The van der Waals surface area contributed by atoms with Crippen molar-refractivity contribution in [1.29, 1.82) is 0 Å². The Hall–Kier alpha value is -1.22. The molecule has 0 bridgehead atoms. The highest BCUT2D eigenvalue weighted by molar-refractivity contribution is 7.78. The molecule has 0 saturated heterocycles. The first-order valence-electron chi connectivity index (χ1n) is 3.02. The molecule has 1 aromatic rings. The molecule has 0 fully saturated rings. The van der Waals surface area contributed by atoms with E-state index in [1.165, 1.54) is 5.12 Å². The van der Waals surface area contributed by atoms with Crippen LogP contribution in [0.2, 0.25) is 0 Å². The third kappa shape index (κ3) is 2.13. The second-order valence-electron chi connectivity index (χ2n) is 1.87. The standard InChI is InChI=1S/C7H7N3S/c8-10(9-6-11)7-4-2-1-3-5-7/h1-5H,8H2. The number of hydrogen-bond acceptors (Lipinski definition) is 4. The first kappa shape index (κ1) is 7.88. The monoisotopic (exact) mass is 165 g/mol. The van der Waals surface area contributed by atoms with E-state index >= 15 is 0 Å². The van der Waals surface area contributed by atoms with Gasteiger partial charge in [-0.1, -0.05) is 23.3 Å². The zero-order chi connectivity index (χ0) is 8.10. The lowest BCUT2D eigenvalue weighted by molar-refractivity contribution is 0.935. The summed E-state index contributed by atoms with van der Waals surface area (Å²) >= 11 is 4.39. The fourth-order valence-corrected chi connectivity index (χ4v) is 0.770. The number of anilines is 1. The van der Waals surface area contributed by atoms with E-state index in [1.54, 1.807) is 0 Å². The van der Waals surface area contributed by atoms with Gasteiger partial charge in [-0.05, 0) is 24.4 Å². The van der Waals surface area contributed by atoms with Gasteiger partial charge >= 0.3 is 0 Å². The molecule has 0 radical (unpaired) electrons. The lowest BCUT2D eigenvalue weighted by Gasteiger charge is -2.08. The second kappa shape index (κ2) is 3.83. The Labute approximate surface area is 70.1 Å². The zero-order valence-electron chi connectivity index (χ0n) is 5.77. The minimum absolute atomic E-state index is 0.782. The Morgan fingerprint density at radius 2 is 2.00 bits per heavy atom. The second-order valence-corrected chi connectivity index (χ2v) is 2.05. The highest BCUT2D eigenvalue weighted by Crippen LogP contribution is 2.08. The molecule has 1 rings (SSSR count). The van der Waals surface area contributed by atoms with Crippen LogP contribution in [0, 0.1) is 0 Å². The maximum absolute atomic E-state index is 5.44. The molecular weight excluding hydrogens is 158 g/mol.